The molecule has 1 aliphatic rings. The van der Waals surface area contributed by atoms with Crippen molar-refractivity contribution in [3.63, 3.8) is 0 Å². The second-order valence-corrected chi connectivity index (χ2v) is 3.83. The molecule has 2 nitrogen and oxygen atoms in total. The molecule has 2 N–H and O–H groups in total. The molecule has 1 aromatic carbocycles. The third kappa shape index (κ3) is 1.69. The van der Waals surface area contributed by atoms with E-state index in [0.29, 0.717) is 19.4 Å². The van der Waals surface area contributed by atoms with Crippen LogP contribution in [0.25, 0.3) is 0 Å². The van der Waals surface area contributed by atoms with Gasteiger partial charge in [0.25, 0.3) is 0 Å². The van der Waals surface area contributed by atoms with Crippen LogP contribution in [0.1, 0.15) is 25.3 Å². The minimum Gasteiger partial charge on any atom is -0.491 e. The highest BCUT2D eigenvalue weighted by Crippen LogP contribution is 2.44. The summed E-state index contributed by atoms with van der Waals surface area (Å²) in [5, 5.41) is 0. The third-order valence-electron chi connectivity index (χ3n) is 2.67. The zero-order chi connectivity index (χ0) is 11.1. The molecule has 1 saturated carbocycles. The van der Waals surface area contributed by atoms with Crippen molar-refractivity contribution in [2.24, 2.45) is 5.73 Å². The Morgan fingerprint density at radius 1 is 1.33 bits per heavy atom. The maximum atomic E-state index is 13.6. The Kier molecular flexibility index (Phi) is 2.38. The Bertz CT molecular complexity index is 388. The molecule has 1 fully saturated rings. The lowest BCUT2D eigenvalue weighted by atomic mass is 10.0. The van der Waals surface area contributed by atoms with Gasteiger partial charge in [-0.15, -0.1) is 0 Å². The Morgan fingerprint density at radius 2 is 2.00 bits per heavy atom. The van der Waals surface area contributed by atoms with Crippen LogP contribution in [0.2, 0.25) is 0 Å². The van der Waals surface area contributed by atoms with Gasteiger partial charge in [-0.3, -0.25) is 0 Å². The number of hydrogen-bond acceptors (Lipinski definition) is 2. The highest BCUT2D eigenvalue weighted by atomic mass is 19.2. The molecule has 0 spiro atoms. The van der Waals surface area contributed by atoms with Gasteiger partial charge in [-0.1, -0.05) is 6.07 Å². The fourth-order valence-corrected chi connectivity index (χ4v) is 1.59. The van der Waals surface area contributed by atoms with Crippen molar-refractivity contribution < 1.29 is 13.5 Å². The quantitative estimate of drug-likeness (QED) is 0.836. The van der Waals surface area contributed by atoms with Gasteiger partial charge in [-0.25, -0.2) is 4.39 Å². The molecule has 4 heteroatoms. The summed E-state index contributed by atoms with van der Waals surface area (Å²) < 4.78 is 32.0. The average Bonchev–Trinajstić information content (AvgIpc) is 2.93. The molecule has 15 heavy (non-hydrogen) atoms. The molecule has 0 bridgehead atoms. The summed E-state index contributed by atoms with van der Waals surface area (Å²) in [5.74, 6) is -1.87. The molecule has 0 amide bonds. The summed E-state index contributed by atoms with van der Waals surface area (Å²) in [4.78, 5) is 0. The molecule has 0 heterocycles. The second-order valence-electron chi connectivity index (χ2n) is 3.83. The summed E-state index contributed by atoms with van der Waals surface area (Å²) in [7, 11) is 0. The number of rotatable bonds is 3. The van der Waals surface area contributed by atoms with Gasteiger partial charge in [0.15, 0.2) is 11.6 Å². The van der Waals surface area contributed by atoms with Gasteiger partial charge in [-0.2, -0.15) is 4.39 Å². The number of ether oxygens (including phenoxy) is 1. The van der Waals surface area contributed by atoms with Crippen LogP contribution in [-0.4, -0.2) is 6.61 Å². The molecule has 0 unspecified atom stereocenters. The van der Waals surface area contributed by atoms with E-state index in [1.807, 2.05) is 0 Å². The lowest BCUT2D eigenvalue weighted by Gasteiger charge is -2.13. The Balaban J connectivity index is 2.40. The second kappa shape index (κ2) is 3.45. The lowest BCUT2D eigenvalue weighted by Crippen LogP contribution is -2.21. The van der Waals surface area contributed by atoms with Crippen LogP contribution in [0.5, 0.6) is 5.75 Å². The van der Waals surface area contributed by atoms with Crippen LogP contribution in [0.3, 0.4) is 0 Å². The maximum absolute atomic E-state index is 13.6. The normalized spacial score (nSPS) is 17.6. The molecule has 1 aliphatic carbocycles. The smallest absolute Gasteiger partial charge is 0.200 e. The van der Waals surface area contributed by atoms with E-state index in [1.54, 1.807) is 6.92 Å². The Morgan fingerprint density at radius 3 is 2.53 bits per heavy atom. The highest BCUT2D eigenvalue weighted by Gasteiger charge is 2.43. The zero-order valence-electron chi connectivity index (χ0n) is 8.52. The summed E-state index contributed by atoms with van der Waals surface area (Å²) in [6, 6.07) is 2.95. The van der Waals surface area contributed by atoms with Crippen molar-refractivity contribution in [2.45, 2.75) is 25.3 Å². The van der Waals surface area contributed by atoms with Crippen molar-refractivity contribution in [3.8, 4) is 5.75 Å². The largest absolute Gasteiger partial charge is 0.491 e. The van der Waals surface area contributed by atoms with Gasteiger partial charge >= 0.3 is 0 Å². The molecule has 1 aromatic rings. The fourth-order valence-electron chi connectivity index (χ4n) is 1.59. The predicted molar refractivity (Wildman–Crippen MR) is 52.6 cm³/mol. The average molecular weight is 213 g/mol. The molecule has 0 atom stereocenters. The van der Waals surface area contributed by atoms with Gasteiger partial charge in [0, 0.05) is 11.1 Å². The van der Waals surface area contributed by atoms with Crippen LogP contribution in [0.15, 0.2) is 12.1 Å². The van der Waals surface area contributed by atoms with Crippen LogP contribution < -0.4 is 10.5 Å². The van der Waals surface area contributed by atoms with Crippen molar-refractivity contribution in [2.75, 3.05) is 6.61 Å². The molecular formula is C11H13F2NO. The van der Waals surface area contributed by atoms with Crippen molar-refractivity contribution in [1.29, 1.82) is 0 Å². The minimum atomic E-state index is -0.939. The van der Waals surface area contributed by atoms with E-state index in [2.05, 4.69) is 0 Å². The van der Waals surface area contributed by atoms with E-state index in [-0.39, 0.29) is 11.3 Å². The third-order valence-corrected chi connectivity index (χ3v) is 2.67. The first-order valence-electron chi connectivity index (χ1n) is 4.98. The van der Waals surface area contributed by atoms with Gasteiger partial charge in [0.05, 0.1) is 6.61 Å². The van der Waals surface area contributed by atoms with E-state index in [1.165, 1.54) is 12.1 Å². The van der Waals surface area contributed by atoms with Crippen LogP contribution in [0.4, 0.5) is 8.78 Å². The number of benzene rings is 1. The van der Waals surface area contributed by atoms with E-state index in [9.17, 15) is 8.78 Å². The summed E-state index contributed by atoms with van der Waals surface area (Å²) in [5.41, 5.74) is 5.41. The number of halogens is 2. The molecule has 0 saturated heterocycles. The molecule has 0 aliphatic heterocycles. The first-order chi connectivity index (χ1) is 7.08. The van der Waals surface area contributed by atoms with E-state index in [4.69, 9.17) is 10.5 Å². The molecular weight excluding hydrogens is 200 g/mol. The molecule has 82 valence electrons. The number of nitrogens with two attached hydrogens (primary N) is 1. The fraction of sp³-hybridized carbons (Fsp3) is 0.455. The zero-order valence-corrected chi connectivity index (χ0v) is 8.52. The Labute approximate surface area is 87.0 Å². The van der Waals surface area contributed by atoms with E-state index >= 15 is 0 Å². The summed E-state index contributed by atoms with van der Waals surface area (Å²) in [6.45, 7) is 2.03. The van der Waals surface area contributed by atoms with Gasteiger partial charge in [0.1, 0.15) is 0 Å². The van der Waals surface area contributed by atoms with Crippen molar-refractivity contribution in [3.05, 3.63) is 29.3 Å². The predicted octanol–water partition coefficient (Wildman–Crippen LogP) is 2.31. The Hall–Kier alpha value is -1.16. The minimum absolute atomic E-state index is 0.0528. The van der Waals surface area contributed by atoms with Gasteiger partial charge < -0.3 is 10.5 Å². The monoisotopic (exact) mass is 213 g/mol. The lowest BCUT2D eigenvalue weighted by molar-refractivity contribution is 0.312. The SMILES string of the molecule is CCOc1ccc(C2(N)CC2)c(F)c1F. The molecule has 0 radical (unpaired) electrons. The summed E-state index contributed by atoms with van der Waals surface area (Å²) >= 11 is 0. The first-order valence-corrected chi connectivity index (χ1v) is 4.98. The van der Waals surface area contributed by atoms with Gasteiger partial charge in [-0.05, 0) is 25.8 Å². The van der Waals surface area contributed by atoms with E-state index in [0.717, 1.165) is 0 Å². The van der Waals surface area contributed by atoms with Crippen molar-refractivity contribution in [1.82, 2.24) is 0 Å². The van der Waals surface area contributed by atoms with Crippen LogP contribution in [0, 0.1) is 11.6 Å². The van der Waals surface area contributed by atoms with E-state index < -0.39 is 17.2 Å². The standard InChI is InChI=1S/C11H13F2NO/c1-2-15-8-4-3-7(9(12)10(8)13)11(14)5-6-11/h3-4H,2,5-6,14H2,1H3. The number of hydrogen-bond donors (Lipinski definition) is 1. The van der Waals surface area contributed by atoms with Crippen molar-refractivity contribution >= 4 is 0 Å². The first kappa shape index (κ1) is 10.4. The summed E-state index contributed by atoms with van der Waals surface area (Å²) in [6.07, 6.45) is 1.41. The van der Waals surface area contributed by atoms with Crippen LogP contribution in [-0.2, 0) is 5.54 Å². The topological polar surface area (TPSA) is 35.2 Å². The maximum Gasteiger partial charge on any atom is 0.200 e. The van der Waals surface area contributed by atoms with Crippen LogP contribution >= 0.6 is 0 Å². The van der Waals surface area contributed by atoms with Gasteiger partial charge in [0.2, 0.25) is 5.82 Å². The molecule has 2 rings (SSSR count). The molecule has 0 aromatic heterocycles. The highest BCUT2D eigenvalue weighted by molar-refractivity contribution is 5.37.